The lowest BCUT2D eigenvalue weighted by atomic mass is 10.3. The molecule has 0 bridgehead atoms. The second kappa shape index (κ2) is 8.04. The minimum Gasteiger partial charge on any atom is -0.495 e. The summed E-state index contributed by atoms with van der Waals surface area (Å²) >= 11 is 1.19. The van der Waals surface area contributed by atoms with Gasteiger partial charge in [-0.25, -0.2) is 0 Å². The predicted octanol–water partition coefficient (Wildman–Crippen LogP) is 2.01. The molecule has 0 atom stereocenters. The molecule has 0 aliphatic rings. The number of hydrogen-bond acceptors (Lipinski definition) is 8. The van der Waals surface area contributed by atoms with Gasteiger partial charge in [-0.3, -0.25) is 9.59 Å². The average Bonchev–Trinajstić information content (AvgIpc) is 3.30. The van der Waals surface area contributed by atoms with Crippen LogP contribution in [0.25, 0.3) is 10.2 Å². The van der Waals surface area contributed by atoms with Crippen LogP contribution in [0.2, 0.25) is 0 Å². The number of esters is 1. The van der Waals surface area contributed by atoms with E-state index in [-0.39, 0.29) is 23.7 Å². The fourth-order valence-corrected chi connectivity index (χ4v) is 3.63. The fourth-order valence-electron chi connectivity index (χ4n) is 2.49. The van der Waals surface area contributed by atoms with E-state index in [1.54, 1.807) is 23.6 Å². The maximum absolute atomic E-state index is 12.3. The van der Waals surface area contributed by atoms with Crippen molar-refractivity contribution in [1.29, 1.82) is 0 Å². The maximum Gasteiger partial charge on any atom is 0.326 e. The van der Waals surface area contributed by atoms with Crippen molar-refractivity contribution in [2.45, 2.75) is 13.5 Å². The van der Waals surface area contributed by atoms with Gasteiger partial charge in [0.15, 0.2) is 4.80 Å². The monoisotopic (exact) mass is 391 g/mol. The minimum atomic E-state index is -0.616. The smallest absolute Gasteiger partial charge is 0.326 e. The number of amides is 1. The minimum absolute atomic E-state index is 0.00549. The summed E-state index contributed by atoms with van der Waals surface area (Å²) < 4.78 is 23.0. The van der Waals surface area contributed by atoms with Gasteiger partial charge < -0.3 is 23.3 Å². The lowest BCUT2D eigenvalue weighted by molar-refractivity contribution is -0.143. The second-order valence-electron chi connectivity index (χ2n) is 5.22. The average molecular weight is 391 g/mol. The van der Waals surface area contributed by atoms with Crippen LogP contribution in [0.1, 0.15) is 17.5 Å². The third kappa shape index (κ3) is 3.70. The van der Waals surface area contributed by atoms with Gasteiger partial charge in [-0.05, 0) is 19.1 Å². The normalized spacial score (nSPS) is 11.6. The van der Waals surface area contributed by atoms with Crippen molar-refractivity contribution in [2.24, 2.45) is 4.99 Å². The van der Waals surface area contributed by atoms with Gasteiger partial charge in [-0.1, -0.05) is 16.5 Å². The summed E-state index contributed by atoms with van der Waals surface area (Å²) in [6.07, 6.45) is 1.35. The number of nitrogens with zero attached hydrogens (tertiary/aromatic N) is 3. The van der Waals surface area contributed by atoms with Crippen LogP contribution in [0.3, 0.4) is 0 Å². The van der Waals surface area contributed by atoms with Gasteiger partial charge in [0.25, 0.3) is 0 Å². The standard InChI is InChI=1S/C17H17N3O6S/c1-4-25-13(21)9-20-14-10(23-2)5-6-11(24-3)15(14)27-17(20)19-16(22)12-7-8-18-26-12/h5-8H,4,9H2,1-3H3. The van der Waals surface area contributed by atoms with Gasteiger partial charge in [0, 0.05) is 6.07 Å². The van der Waals surface area contributed by atoms with Gasteiger partial charge in [-0.15, -0.1) is 0 Å². The fraction of sp³-hybridized carbons (Fsp3) is 0.294. The van der Waals surface area contributed by atoms with Crippen LogP contribution in [0, 0.1) is 0 Å². The van der Waals surface area contributed by atoms with E-state index in [1.807, 2.05) is 0 Å². The Morgan fingerprint density at radius 1 is 1.22 bits per heavy atom. The predicted molar refractivity (Wildman–Crippen MR) is 95.9 cm³/mol. The molecule has 3 rings (SSSR count). The number of carbonyl (C=O) groups excluding carboxylic acids is 2. The summed E-state index contributed by atoms with van der Waals surface area (Å²) in [5.74, 6) is 0.00110. The first-order chi connectivity index (χ1) is 13.1. The Morgan fingerprint density at radius 3 is 2.59 bits per heavy atom. The van der Waals surface area contributed by atoms with Crippen molar-refractivity contribution in [3.05, 3.63) is 35.0 Å². The van der Waals surface area contributed by atoms with E-state index in [0.717, 1.165) is 0 Å². The topological polar surface area (TPSA) is 105 Å². The number of ether oxygens (including phenoxy) is 3. The van der Waals surface area contributed by atoms with E-state index >= 15 is 0 Å². The summed E-state index contributed by atoms with van der Waals surface area (Å²) in [7, 11) is 3.05. The van der Waals surface area contributed by atoms with Gasteiger partial charge >= 0.3 is 11.9 Å². The molecule has 0 saturated heterocycles. The van der Waals surface area contributed by atoms with E-state index in [0.29, 0.717) is 21.7 Å². The maximum atomic E-state index is 12.3. The molecule has 0 saturated carbocycles. The first-order valence-electron chi connectivity index (χ1n) is 7.98. The summed E-state index contributed by atoms with van der Waals surface area (Å²) in [5, 5.41) is 3.50. The number of rotatable bonds is 6. The Labute approximate surface area is 157 Å². The summed E-state index contributed by atoms with van der Waals surface area (Å²) in [6.45, 7) is 1.82. The van der Waals surface area contributed by atoms with Crippen LogP contribution < -0.4 is 14.3 Å². The highest BCUT2D eigenvalue weighted by Crippen LogP contribution is 2.35. The molecule has 3 aromatic rings. The molecular weight excluding hydrogens is 374 g/mol. The van der Waals surface area contributed by atoms with Gasteiger partial charge in [0.2, 0.25) is 5.76 Å². The largest absolute Gasteiger partial charge is 0.495 e. The van der Waals surface area contributed by atoms with Crippen LogP contribution in [0.4, 0.5) is 0 Å². The number of fused-ring (bicyclic) bond motifs is 1. The Kier molecular flexibility index (Phi) is 5.55. The third-order valence-corrected chi connectivity index (χ3v) is 4.72. The zero-order valence-electron chi connectivity index (χ0n) is 14.9. The number of hydrogen-bond donors (Lipinski definition) is 0. The zero-order valence-corrected chi connectivity index (χ0v) is 15.7. The lowest BCUT2D eigenvalue weighted by Crippen LogP contribution is -2.23. The van der Waals surface area contributed by atoms with Gasteiger partial charge in [0.05, 0.1) is 27.0 Å². The number of thiazole rings is 1. The molecule has 0 spiro atoms. The van der Waals surface area contributed by atoms with Crippen LogP contribution >= 0.6 is 11.3 Å². The molecule has 0 aliphatic carbocycles. The molecule has 1 amide bonds. The third-order valence-electron chi connectivity index (χ3n) is 3.63. The number of benzene rings is 1. The molecule has 0 aliphatic heterocycles. The molecular formula is C17H17N3O6S. The molecule has 142 valence electrons. The van der Waals surface area contributed by atoms with E-state index < -0.39 is 11.9 Å². The van der Waals surface area contributed by atoms with E-state index in [4.69, 9.17) is 18.7 Å². The number of aromatic nitrogens is 2. The molecule has 9 nitrogen and oxygen atoms in total. The van der Waals surface area contributed by atoms with Crippen molar-refractivity contribution < 1.29 is 28.3 Å². The van der Waals surface area contributed by atoms with Crippen LogP contribution in [0.5, 0.6) is 11.5 Å². The first kappa shape index (κ1) is 18.6. The molecule has 0 fully saturated rings. The van der Waals surface area contributed by atoms with Crippen LogP contribution in [0.15, 0.2) is 33.9 Å². The highest BCUT2D eigenvalue weighted by molar-refractivity contribution is 7.16. The molecule has 0 N–H and O–H groups in total. The molecule has 0 unspecified atom stereocenters. The Morgan fingerprint density at radius 2 is 1.96 bits per heavy atom. The number of methoxy groups -OCH3 is 2. The molecule has 27 heavy (non-hydrogen) atoms. The quantitative estimate of drug-likeness (QED) is 0.592. The molecule has 2 heterocycles. The zero-order chi connectivity index (χ0) is 19.4. The van der Waals surface area contributed by atoms with Crippen molar-refractivity contribution >= 4 is 33.4 Å². The molecule has 1 aromatic carbocycles. The van der Waals surface area contributed by atoms with E-state index in [9.17, 15) is 9.59 Å². The molecule has 10 heteroatoms. The molecule has 2 aromatic heterocycles. The van der Waals surface area contributed by atoms with E-state index in [2.05, 4.69) is 10.1 Å². The lowest BCUT2D eigenvalue weighted by Gasteiger charge is -2.09. The van der Waals surface area contributed by atoms with Crippen molar-refractivity contribution in [3.63, 3.8) is 0 Å². The van der Waals surface area contributed by atoms with Gasteiger partial charge in [-0.2, -0.15) is 4.99 Å². The second-order valence-corrected chi connectivity index (χ2v) is 6.19. The SMILES string of the molecule is CCOC(=O)Cn1c(=NC(=O)c2ccno2)sc2c(OC)ccc(OC)c21. The summed E-state index contributed by atoms with van der Waals surface area (Å²) in [6, 6.07) is 4.88. The Balaban J connectivity index is 2.24. The Hall–Kier alpha value is -3.14. The summed E-state index contributed by atoms with van der Waals surface area (Å²) in [4.78, 5) is 28.8. The van der Waals surface area contributed by atoms with E-state index in [1.165, 1.54) is 37.8 Å². The number of carbonyl (C=O) groups is 2. The highest BCUT2D eigenvalue weighted by atomic mass is 32.1. The van der Waals surface area contributed by atoms with Crippen LogP contribution in [-0.4, -0.2) is 42.4 Å². The van der Waals surface area contributed by atoms with Crippen LogP contribution in [-0.2, 0) is 16.1 Å². The van der Waals surface area contributed by atoms with Crippen molar-refractivity contribution in [2.75, 3.05) is 20.8 Å². The van der Waals surface area contributed by atoms with Crippen molar-refractivity contribution in [1.82, 2.24) is 9.72 Å². The molecule has 0 radical (unpaired) electrons. The first-order valence-corrected chi connectivity index (χ1v) is 8.80. The van der Waals surface area contributed by atoms with Crippen molar-refractivity contribution in [3.8, 4) is 11.5 Å². The van der Waals surface area contributed by atoms with Gasteiger partial charge in [0.1, 0.15) is 28.3 Å². The summed E-state index contributed by atoms with van der Waals surface area (Å²) in [5.41, 5.74) is 0.582. The highest BCUT2D eigenvalue weighted by Gasteiger charge is 2.19. The Bertz CT molecular complexity index is 1040.